The third-order valence-corrected chi connectivity index (χ3v) is 20.5. The summed E-state index contributed by atoms with van der Waals surface area (Å²) in [6.45, 7) is 19.6. The van der Waals surface area contributed by atoms with Gasteiger partial charge in [-0.2, -0.15) is 26.3 Å². The third kappa shape index (κ3) is 60.6. The molecule has 7 rings (SSSR count). The molecule has 1 saturated heterocycles. The molecule has 0 radical (unpaired) electrons. The van der Waals surface area contributed by atoms with E-state index in [1.54, 1.807) is 60.0 Å². The first-order valence-electron chi connectivity index (χ1n) is 41.9. The molecule has 0 unspecified atom stereocenters. The van der Waals surface area contributed by atoms with Crippen LogP contribution in [0.4, 0.5) is 26.3 Å². The van der Waals surface area contributed by atoms with Gasteiger partial charge in [0.05, 0.1) is 41.5 Å². The van der Waals surface area contributed by atoms with E-state index in [9.17, 15) is 86.7 Å². The Bertz CT molecular complexity index is 4040. The molecule has 6 aromatic rings. The Labute approximate surface area is 791 Å². The van der Waals surface area contributed by atoms with Crippen molar-refractivity contribution in [3.05, 3.63) is 209 Å². The minimum Gasteiger partial charge on any atom is -0.412 e. The Kier molecular flexibility index (Phi) is 75.9. The van der Waals surface area contributed by atoms with Gasteiger partial charge >= 0.3 is 24.2 Å². The van der Waals surface area contributed by atoms with E-state index in [1.165, 1.54) is 25.0 Å². The SMILES string of the molecule is C#CC(O)(CCC)CCC.C1CCOC1.CCCC(O)(C#Cc1cccc([C@H](O)CN)c1)CCC.CCCC(O)(C#Cc1cccc([C@H](O)CNC(=O)C(F)(F)F)c1)CCC.CCCC(O)(CCC)CCc1cccc([C@H](O)CN)c1.CCO.CO.N.O.O=C(CBr)c1cccc(Br)c1.O=C(NC[C@@H](O)c1cccc(Br)c1)C(F)(F)F.O[C@H](CBr)c1cccc(Br)c1. The molecule has 32 heteroatoms. The maximum absolute atomic E-state index is 12.2. The summed E-state index contributed by atoms with van der Waals surface area (Å²) >= 11 is 16.1. The molecule has 0 saturated carbocycles. The molecule has 5 atom stereocenters. The molecule has 1 aliphatic rings. The van der Waals surface area contributed by atoms with Crippen LogP contribution in [0.2, 0.25) is 0 Å². The second-order valence-corrected chi connectivity index (χ2v) is 32.8. The van der Waals surface area contributed by atoms with E-state index in [0.29, 0.717) is 57.5 Å². The van der Waals surface area contributed by atoms with Gasteiger partial charge in [-0.1, -0.05) is 301 Å². The van der Waals surface area contributed by atoms with E-state index in [-0.39, 0.29) is 37.1 Å². The predicted octanol–water partition coefficient (Wildman–Crippen LogP) is 18.1. The van der Waals surface area contributed by atoms with E-state index in [2.05, 4.69) is 123 Å². The van der Waals surface area contributed by atoms with Crippen LogP contribution in [0.3, 0.4) is 0 Å². The highest BCUT2D eigenvalue weighted by Gasteiger charge is 2.40. The summed E-state index contributed by atoms with van der Waals surface area (Å²) in [5.41, 5.74) is 14.1. The minimum atomic E-state index is -4.99. The second kappa shape index (κ2) is 74.5. The van der Waals surface area contributed by atoms with E-state index < -0.39 is 90.2 Å². The number of benzene rings is 6. The molecule has 6 aromatic carbocycles. The fraction of sp³-hybridized carbons (Fsp3) is 0.526. The van der Waals surface area contributed by atoms with Crippen LogP contribution in [0, 0.1) is 36.0 Å². The van der Waals surface area contributed by atoms with Crippen LogP contribution in [0.1, 0.15) is 270 Å². The van der Waals surface area contributed by atoms with Crippen molar-refractivity contribution >= 4 is 97.2 Å². The van der Waals surface area contributed by atoms with Crippen molar-refractivity contribution in [2.45, 2.75) is 256 Å². The number of carbonyl (C=O) groups excluding carboxylic acids is 3. The van der Waals surface area contributed by atoms with Crippen LogP contribution in [-0.2, 0) is 20.7 Å². The number of ether oxygens (including phenoxy) is 1. The molecule has 22 N–H and O–H groups in total. The molecule has 127 heavy (non-hydrogen) atoms. The van der Waals surface area contributed by atoms with Crippen molar-refractivity contribution in [1.29, 1.82) is 0 Å². The van der Waals surface area contributed by atoms with Crippen molar-refractivity contribution in [1.82, 2.24) is 16.8 Å². The average Bonchev–Trinajstić information content (AvgIpc) is 1.27. The number of terminal acetylenes is 1. The molecule has 0 aliphatic carbocycles. The summed E-state index contributed by atoms with van der Waals surface area (Å²) in [6.07, 6.45) is 8.11. The molecule has 0 bridgehead atoms. The number of amides is 2. The van der Waals surface area contributed by atoms with Gasteiger partial charge in [0.25, 0.3) is 0 Å². The highest BCUT2D eigenvalue weighted by atomic mass is 79.9. The number of hydrogen-bond acceptors (Lipinski definition) is 18. The number of hydrogen-bond donors (Lipinski definition) is 16. The molecule has 1 heterocycles. The zero-order chi connectivity index (χ0) is 95.7. The Morgan fingerprint density at radius 2 is 0.780 bits per heavy atom. The normalized spacial score (nSPS) is 12.5. The number of aliphatic hydroxyl groups excluding tert-OH is 7. The summed E-state index contributed by atoms with van der Waals surface area (Å²) in [7, 11) is 1.00. The lowest BCUT2D eigenvalue weighted by Crippen LogP contribution is -2.38. The maximum Gasteiger partial charge on any atom is 0.471 e. The number of rotatable bonds is 33. The van der Waals surface area contributed by atoms with Gasteiger partial charge in [0, 0.05) is 88.5 Å². The van der Waals surface area contributed by atoms with Gasteiger partial charge in [0.15, 0.2) is 5.78 Å². The number of Topliss-reactive ketones (excluding diaryl/α,β-unsaturated/α-hetero) is 1. The Balaban J connectivity index is -0.000000454. The third-order valence-electron chi connectivity index (χ3n) is 17.9. The Morgan fingerprint density at radius 1 is 0.465 bits per heavy atom. The first kappa shape index (κ1) is 129. The summed E-state index contributed by atoms with van der Waals surface area (Å²) < 4.78 is 79.7. The average molecular weight is 2120 g/mol. The monoisotopic (exact) mass is 2120 g/mol. The smallest absolute Gasteiger partial charge is 0.412 e. The highest BCUT2D eigenvalue weighted by molar-refractivity contribution is 9.11. The van der Waals surface area contributed by atoms with E-state index in [4.69, 9.17) is 32.8 Å². The van der Waals surface area contributed by atoms with Crippen molar-refractivity contribution in [2.24, 2.45) is 11.5 Å². The van der Waals surface area contributed by atoms with Gasteiger partial charge in [-0.3, -0.25) is 14.4 Å². The number of alkyl halides is 8. The lowest BCUT2D eigenvalue weighted by atomic mass is 9.86. The fourth-order valence-electron chi connectivity index (χ4n) is 11.8. The summed E-state index contributed by atoms with van der Waals surface area (Å²) in [6, 6.07) is 43.0. The number of carbonyl (C=O) groups is 3. The Morgan fingerprint density at radius 3 is 1.09 bits per heavy atom. The lowest BCUT2D eigenvalue weighted by Gasteiger charge is -2.27. The van der Waals surface area contributed by atoms with Crippen molar-refractivity contribution in [2.75, 3.05) is 63.8 Å². The van der Waals surface area contributed by atoms with Crippen LogP contribution in [-0.4, -0.2) is 178 Å². The van der Waals surface area contributed by atoms with Crippen LogP contribution < -0.4 is 28.3 Å². The van der Waals surface area contributed by atoms with Gasteiger partial charge in [0.2, 0.25) is 0 Å². The number of ketones is 1. The maximum atomic E-state index is 12.2. The van der Waals surface area contributed by atoms with E-state index >= 15 is 0 Å². The topological polar surface area (TPSA) is 426 Å². The fourth-order valence-corrected chi connectivity index (χ4v) is 13.7. The molecule has 21 nitrogen and oxygen atoms in total. The van der Waals surface area contributed by atoms with Gasteiger partial charge in [0.1, 0.15) is 16.8 Å². The first-order valence-corrected chi connectivity index (χ1v) is 46.5. The van der Waals surface area contributed by atoms with Crippen LogP contribution in [0.25, 0.3) is 0 Å². The van der Waals surface area contributed by atoms with Crippen molar-refractivity contribution in [3.8, 4) is 36.0 Å². The molecule has 0 aromatic heterocycles. The molecule has 1 fully saturated rings. The van der Waals surface area contributed by atoms with Gasteiger partial charge in [-0.15, -0.1) is 6.42 Å². The van der Waals surface area contributed by atoms with Crippen LogP contribution in [0.5, 0.6) is 0 Å². The Hall–Kier alpha value is -6.05. The predicted molar refractivity (Wildman–Crippen MR) is 514 cm³/mol. The lowest BCUT2D eigenvalue weighted by molar-refractivity contribution is -0.174. The van der Waals surface area contributed by atoms with E-state index in [1.807, 2.05) is 133 Å². The molecule has 0 spiro atoms. The number of nitrogens with one attached hydrogen (secondary N) is 2. The second-order valence-electron chi connectivity index (χ2n) is 28.9. The molecular weight excluding hydrogens is 1980 g/mol. The number of aliphatic hydroxyl groups is 11. The highest BCUT2D eigenvalue weighted by Crippen LogP contribution is 2.29. The molecule has 1 aliphatic heterocycles. The van der Waals surface area contributed by atoms with Crippen LogP contribution in [0.15, 0.2) is 159 Å². The summed E-state index contributed by atoms with van der Waals surface area (Å²) in [5.74, 6) is 10.1. The number of aryl methyl sites for hydroxylation is 1. The van der Waals surface area contributed by atoms with Crippen LogP contribution >= 0.6 is 79.6 Å². The summed E-state index contributed by atoms with van der Waals surface area (Å²) in [5, 5.41) is 108. The molecule has 2 amide bonds. The first-order chi connectivity index (χ1) is 59.1. The van der Waals surface area contributed by atoms with Gasteiger partial charge < -0.3 is 94.6 Å². The zero-order valence-electron chi connectivity index (χ0n) is 74.9. The van der Waals surface area contributed by atoms with Gasteiger partial charge in [-0.05, 0) is 178 Å². The number of halogens is 11. The van der Waals surface area contributed by atoms with Crippen molar-refractivity contribution in [3.63, 3.8) is 0 Å². The van der Waals surface area contributed by atoms with Gasteiger partial charge in [-0.25, -0.2) is 0 Å². The quantitative estimate of drug-likeness (QED) is 0.00787. The largest absolute Gasteiger partial charge is 0.471 e. The molecule has 718 valence electrons. The molecular formula is C95H140Br5F6N5O16. The number of nitrogens with two attached hydrogens (primary N) is 2. The zero-order valence-corrected chi connectivity index (χ0v) is 82.8. The summed E-state index contributed by atoms with van der Waals surface area (Å²) in [4.78, 5) is 32.4. The standard InChI is InChI=1S/C19H24F3NO3.C17H29NO2.C17H25NO2.C10H9BrF3NO2.C9H16O.C8H8Br2O.C8H6Br2O.C4H8O.C2H6O.CH4O.H3N.H2O/c1-3-9-18(26,10-4-2)11-8-14-6-5-7-15(12-14)16(24)13-23-17(25)19(20,21)22;2*1-3-9-17(20,10-4-2)11-8-14-6-5-7-15(12-14)16(19)13-18;11-7-3-1-2-6(4-7)8(16)5-15-9(17)10(12,13)14;1-4-7-9(10,6-3)8-5-2;2*9-5-8(11)6-2-1-3-7(10)4-6;1-2-4-5-3-1;1-2-3;1-2;;/h5-7,12,16,24,26H,3-4,9-10,13H2,1-2H3,(H,23,25);5-7,12,16,19-20H,3-4,8-11,13,18H2,1-2H3;5-7,12,16,19-20H,3-4,9-10,13,18H2,1-2H3;1-4,8,16H,5H2,(H,15,17);3,10H,4-5,7-8H2,1-2H3;1-4,8,11H,5H2;1-4H,5H2;1-4H2;3H,2H2,1H3;2H,1H3;1H3;1H2/t3*16-;8-;;8-;;;;;;/m1111.1....../s1. The minimum absolute atomic E-state index is 0. The van der Waals surface area contributed by atoms with Crippen molar-refractivity contribution < 1.29 is 107 Å². The van der Waals surface area contributed by atoms with E-state index in [0.717, 1.165) is 153 Å².